The molecule has 1 N–H and O–H groups in total. The fourth-order valence-electron chi connectivity index (χ4n) is 4.18. The Bertz CT molecular complexity index is 411. The van der Waals surface area contributed by atoms with E-state index in [0.29, 0.717) is 19.1 Å². The highest BCUT2D eigenvalue weighted by Gasteiger charge is 2.31. The monoisotopic (exact) mass is 316 g/mol. The van der Waals surface area contributed by atoms with E-state index in [1.165, 1.54) is 51.2 Å². The molecule has 0 aromatic carbocycles. The van der Waals surface area contributed by atoms with Gasteiger partial charge in [-0.25, -0.2) is 12.7 Å². The van der Waals surface area contributed by atoms with E-state index in [4.69, 9.17) is 0 Å². The highest BCUT2D eigenvalue weighted by Crippen LogP contribution is 2.40. The molecule has 0 amide bonds. The predicted molar refractivity (Wildman–Crippen MR) is 87.8 cm³/mol. The third-order valence-corrected chi connectivity index (χ3v) is 6.76. The van der Waals surface area contributed by atoms with Gasteiger partial charge in [0.2, 0.25) is 10.0 Å². The lowest BCUT2D eigenvalue weighted by Crippen LogP contribution is -2.40. The molecule has 0 aromatic rings. The second-order valence-electron chi connectivity index (χ2n) is 6.88. The summed E-state index contributed by atoms with van der Waals surface area (Å²) in [4.78, 5) is 0. The summed E-state index contributed by atoms with van der Waals surface area (Å²) in [6, 6.07) is 0.665. The van der Waals surface area contributed by atoms with Crippen molar-refractivity contribution in [3.05, 3.63) is 0 Å². The summed E-state index contributed by atoms with van der Waals surface area (Å²) < 4.78 is 24.6. The molecular weight excluding hydrogens is 284 g/mol. The average molecular weight is 317 g/mol. The SMILES string of the molecule is CCN(CCCNC1CCC2CCCCC2C1)S(C)(=O)=O. The van der Waals surface area contributed by atoms with Gasteiger partial charge in [-0.15, -0.1) is 0 Å². The first kappa shape index (κ1) is 17.2. The van der Waals surface area contributed by atoms with Crippen molar-refractivity contribution < 1.29 is 8.42 Å². The zero-order valence-electron chi connectivity index (χ0n) is 13.7. The smallest absolute Gasteiger partial charge is 0.211 e. The summed E-state index contributed by atoms with van der Waals surface area (Å²) in [6.07, 6.45) is 12.0. The first-order valence-corrected chi connectivity index (χ1v) is 10.5. The van der Waals surface area contributed by atoms with Gasteiger partial charge in [-0.1, -0.05) is 32.6 Å². The predicted octanol–water partition coefficient (Wildman–Crippen LogP) is 2.61. The van der Waals surface area contributed by atoms with Crippen LogP contribution in [-0.2, 0) is 10.0 Å². The summed E-state index contributed by atoms with van der Waals surface area (Å²) in [5.41, 5.74) is 0. The second-order valence-corrected chi connectivity index (χ2v) is 8.86. The van der Waals surface area contributed by atoms with Gasteiger partial charge in [0.05, 0.1) is 6.26 Å². The molecule has 4 nitrogen and oxygen atoms in total. The Morgan fingerprint density at radius 3 is 2.48 bits per heavy atom. The quantitative estimate of drug-likeness (QED) is 0.735. The highest BCUT2D eigenvalue weighted by molar-refractivity contribution is 7.88. The number of sulfonamides is 1. The molecule has 2 aliphatic rings. The molecule has 5 heteroatoms. The van der Waals surface area contributed by atoms with Crippen molar-refractivity contribution in [1.82, 2.24) is 9.62 Å². The summed E-state index contributed by atoms with van der Waals surface area (Å²) in [7, 11) is -3.03. The molecule has 124 valence electrons. The first-order chi connectivity index (χ1) is 10.0. The number of nitrogens with one attached hydrogen (secondary N) is 1. The van der Waals surface area contributed by atoms with Crippen LogP contribution in [0.15, 0.2) is 0 Å². The van der Waals surface area contributed by atoms with E-state index < -0.39 is 10.0 Å². The summed E-state index contributed by atoms with van der Waals surface area (Å²) in [6.45, 7) is 4.06. The number of rotatable bonds is 7. The molecule has 0 heterocycles. The van der Waals surface area contributed by atoms with Crippen LogP contribution < -0.4 is 5.32 Å². The molecule has 3 unspecified atom stereocenters. The molecule has 2 rings (SSSR count). The molecule has 0 aromatic heterocycles. The maximum atomic E-state index is 11.5. The van der Waals surface area contributed by atoms with E-state index in [-0.39, 0.29) is 0 Å². The Kier molecular flexibility index (Phi) is 6.51. The number of hydrogen-bond donors (Lipinski definition) is 1. The van der Waals surface area contributed by atoms with Gasteiger partial charge in [-0.2, -0.15) is 0 Å². The lowest BCUT2D eigenvalue weighted by molar-refractivity contribution is 0.143. The van der Waals surface area contributed by atoms with Crippen LogP contribution in [0.1, 0.15) is 58.3 Å². The minimum absolute atomic E-state index is 0.575. The highest BCUT2D eigenvalue weighted by atomic mass is 32.2. The topological polar surface area (TPSA) is 49.4 Å². The molecule has 21 heavy (non-hydrogen) atoms. The Balaban J connectivity index is 1.65. The van der Waals surface area contributed by atoms with E-state index in [1.807, 2.05) is 6.92 Å². The van der Waals surface area contributed by atoms with Gasteiger partial charge in [-0.05, 0) is 44.1 Å². The van der Waals surface area contributed by atoms with Gasteiger partial charge in [0.25, 0.3) is 0 Å². The first-order valence-electron chi connectivity index (χ1n) is 8.69. The van der Waals surface area contributed by atoms with Crippen LogP contribution in [0.5, 0.6) is 0 Å². The third kappa shape index (κ3) is 5.22. The molecule has 0 bridgehead atoms. The van der Waals surface area contributed by atoms with Gasteiger partial charge < -0.3 is 5.32 Å². The Morgan fingerprint density at radius 1 is 1.10 bits per heavy atom. The number of fused-ring (bicyclic) bond motifs is 1. The van der Waals surface area contributed by atoms with Crippen molar-refractivity contribution in [3.63, 3.8) is 0 Å². The Labute approximate surface area is 130 Å². The van der Waals surface area contributed by atoms with Crippen LogP contribution in [0, 0.1) is 11.8 Å². The number of nitrogens with zero attached hydrogens (tertiary/aromatic N) is 1. The van der Waals surface area contributed by atoms with Gasteiger partial charge >= 0.3 is 0 Å². The summed E-state index contributed by atoms with van der Waals surface area (Å²) in [5, 5.41) is 3.66. The zero-order valence-corrected chi connectivity index (χ0v) is 14.5. The van der Waals surface area contributed by atoms with Crippen molar-refractivity contribution in [2.45, 2.75) is 64.3 Å². The minimum atomic E-state index is -3.03. The maximum Gasteiger partial charge on any atom is 0.211 e. The molecule has 0 aliphatic heterocycles. The fraction of sp³-hybridized carbons (Fsp3) is 1.00. The lowest BCUT2D eigenvalue weighted by atomic mass is 9.69. The molecule has 0 spiro atoms. The zero-order chi connectivity index (χ0) is 15.3. The largest absolute Gasteiger partial charge is 0.314 e. The van der Waals surface area contributed by atoms with Crippen LogP contribution in [0.25, 0.3) is 0 Å². The molecule has 2 fully saturated rings. The molecule has 2 saturated carbocycles. The van der Waals surface area contributed by atoms with Crippen LogP contribution in [-0.4, -0.2) is 44.7 Å². The minimum Gasteiger partial charge on any atom is -0.314 e. The van der Waals surface area contributed by atoms with Crippen LogP contribution in [0.2, 0.25) is 0 Å². The molecule has 0 radical (unpaired) electrons. The fourth-order valence-corrected chi connectivity index (χ4v) is 5.11. The van der Waals surface area contributed by atoms with Crippen molar-refractivity contribution in [2.75, 3.05) is 25.9 Å². The van der Waals surface area contributed by atoms with Crippen molar-refractivity contribution in [2.24, 2.45) is 11.8 Å². The molecule has 3 atom stereocenters. The maximum absolute atomic E-state index is 11.5. The normalized spacial score (nSPS) is 30.3. The van der Waals surface area contributed by atoms with E-state index in [9.17, 15) is 8.42 Å². The van der Waals surface area contributed by atoms with Crippen LogP contribution in [0.4, 0.5) is 0 Å². The van der Waals surface area contributed by atoms with E-state index in [2.05, 4.69) is 5.32 Å². The van der Waals surface area contributed by atoms with Crippen LogP contribution >= 0.6 is 0 Å². The van der Waals surface area contributed by atoms with Gasteiger partial charge in [0.15, 0.2) is 0 Å². The van der Waals surface area contributed by atoms with E-state index >= 15 is 0 Å². The van der Waals surface area contributed by atoms with Crippen molar-refractivity contribution in [3.8, 4) is 0 Å². The molecule has 2 aliphatic carbocycles. The summed E-state index contributed by atoms with van der Waals surface area (Å²) in [5.74, 6) is 1.95. The summed E-state index contributed by atoms with van der Waals surface area (Å²) >= 11 is 0. The van der Waals surface area contributed by atoms with Gasteiger partial charge in [0, 0.05) is 19.1 Å². The Hall–Kier alpha value is -0.130. The standard InChI is InChI=1S/C16H32N2O2S/c1-3-18(21(2,19)20)12-6-11-17-16-10-9-14-7-4-5-8-15(14)13-16/h14-17H,3-13H2,1-2H3. The van der Waals surface area contributed by atoms with Gasteiger partial charge in [-0.3, -0.25) is 0 Å². The van der Waals surface area contributed by atoms with E-state index in [0.717, 1.165) is 24.8 Å². The second kappa shape index (κ2) is 7.93. The average Bonchev–Trinajstić information content (AvgIpc) is 2.45. The van der Waals surface area contributed by atoms with Crippen LogP contribution in [0.3, 0.4) is 0 Å². The van der Waals surface area contributed by atoms with Gasteiger partial charge in [0.1, 0.15) is 0 Å². The van der Waals surface area contributed by atoms with Crippen molar-refractivity contribution in [1.29, 1.82) is 0 Å². The van der Waals surface area contributed by atoms with E-state index in [1.54, 1.807) is 4.31 Å². The third-order valence-electron chi connectivity index (χ3n) is 5.38. The number of hydrogen-bond acceptors (Lipinski definition) is 3. The Morgan fingerprint density at radius 2 is 1.81 bits per heavy atom. The van der Waals surface area contributed by atoms with Crippen molar-refractivity contribution >= 4 is 10.0 Å². The lowest BCUT2D eigenvalue weighted by Gasteiger charge is -2.39. The molecule has 0 saturated heterocycles. The molecular formula is C16H32N2O2S.